The van der Waals surface area contributed by atoms with E-state index in [1.54, 1.807) is 6.20 Å². The summed E-state index contributed by atoms with van der Waals surface area (Å²) in [5.41, 5.74) is 2.88. The molecule has 6 heteroatoms. The van der Waals surface area contributed by atoms with Gasteiger partial charge >= 0.3 is 0 Å². The fourth-order valence-corrected chi connectivity index (χ4v) is 2.95. The molecule has 1 radical (unpaired) electrons. The quantitative estimate of drug-likeness (QED) is 0.836. The molecule has 2 aliphatic heterocycles. The number of nitrogens with zero attached hydrogens (tertiary/aromatic N) is 3. The normalized spacial score (nSPS) is 16.1. The number of fused-ring (bicyclic) bond motifs is 1. The molecule has 0 atom stereocenters. The van der Waals surface area contributed by atoms with Crippen LogP contribution in [0.4, 0.5) is 11.4 Å². The van der Waals surface area contributed by atoms with Crippen LogP contribution < -0.4 is 15.1 Å². The second-order valence-corrected chi connectivity index (χ2v) is 5.99. The summed E-state index contributed by atoms with van der Waals surface area (Å²) in [5, 5.41) is 12.4. The number of benzene rings is 2. The van der Waals surface area contributed by atoms with E-state index in [0.717, 1.165) is 22.8 Å². The Morgan fingerprint density at radius 1 is 1.15 bits per heavy atom. The molecule has 2 N–H and O–H groups in total. The molecular weight excluding hydrogens is 328 g/mol. The second kappa shape index (κ2) is 6.95. The zero-order valence-corrected chi connectivity index (χ0v) is 14.0. The lowest BCUT2D eigenvalue weighted by molar-refractivity contribution is -0.112. The van der Waals surface area contributed by atoms with Crippen molar-refractivity contribution in [3.63, 3.8) is 0 Å². The van der Waals surface area contributed by atoms with E-state index < -0.39 is 0 Å². The third-order valence-electron chi connectivity index (χ3n) is 4.25. The molecule has 0 aliphatic carbocycles. The van der Waals surface area contributed by atoms with Crippen LogP contribution in [-0.4, -0.2) is 23.5 Å². The van der Waals surface area contributed by atoms with Crippen LogP contribution in [0.1, 0.15) is 5.56 Å². The fraction of sp³-hybridized carbons (Fsp3) is 0.100. The number of hydrogen-bond acceptors (Lipinski definition) is 5. The van der Waals surface area contributed by atoms with Gasteiger partial charge in [-0.2, -0.15) is 4.99 Å². The number of hydrogen-bond donors (Lipinski definition) is 2. The van der Waals surface area contributed by atoms with E-state index in [9.17, 15) is 9.90 Å². The van der Waals surface area contributed by atoms with E-state index >= 15 is 0 Å². The first-order valence-electron chi connectivity index (χ1n) is 8.32. The van der Waals surface area contributed by atoms with Crippen molar-refractivity contribution < 1.29 is 9.90 Å². The average Bonchev–Trinajstić information content (AvgIpc) is 3.12. The Balaban J connectivity index is 1.51. The monoisotopic (exact) mass is 346 g/mol. The largest absolute Gasteiger partial charge is 0.392 e. The number of rotatable bonds is 4. The third kappa shape index (κ3) is 3.15. The number of carbonyl (C=O) groups excluding carboxylic acids is 1. The first-order chi connectivity index (χ1) is 12.7. The first-order valence-corrected chi connectivity index (χ1v) is 8.32. The summed E-state index contributed by atoms with van der Waals surface area (Å²) in [5.74, 6) is 0.481. The highest BCUT2D eigenvalue weighted by atomic mass is 16.3. The molecule has 0 aromatic heterocycles. The number of amidine groups is 1. The topological polar surface area (TPSA) is 70.8 Å². The minimum absolute atomic E-state index is 0.0258. The van der Waals surface area contributed by atoms with E-state index in [4.69, 9.17) is 0 Å². The van der Waals surface area contributed by atoms with Gasteiger partial charge in [0.25, 0.3) is 11.7 Å². The van der Waals surface area contributed by atoms with Crippen LogP contribution in [0.5, 0.6) is 0 Å². The van der Waals surface area contributed by atoms with Crippen molar-refractivity contribution in [3.8, 4) is 0 Å². The number of carbonyl (C=O) groups is 1. The minimum Gasteiger partial charge on any atom is -0.392 e. The Labute approximate surface area is 151 Å². The number of para-hydroxylation sites is 2. The highest BCUT2D eigenvalue weighted by Crippen LogP contribution is 2.25. The van der Waals surface area contributed by atoms with Crippen molar-refractivity contribution in [2.24, 2.45) is 4.99 Å². The SMILES string of the molecule is O=C(Nc1ccccc1)C1=C[N+]2CN(c3ccccc3CO)C=CC2=N1. The van der Waals surface area contributed by atoms with Gasteiger partial charge < -0.3 is 10.4 Å². The van der Waals surface area contributed by atoms with Crippen LogP contribution in [0.3, 0.4) is 0 Å². The van der Waals surface area contributed by atoms with Crippen molar-refractivity contribution >= 4 is 23.1 Å². The number of anilines is 2. The zero-order valence-electron chi connectivity index (χ0n) is 14.0. The predicted octanol–water partition coefficient (Wildman–Crippen LogP) is 2.50. The van der Waals surface area contributed by atoms with Crippen molar-refractivity contribution in [1.82, 2.24) is 4.90 Å². The summed E-state index contributed by atoms with van der Waals surface area (Å²) in [6, 6.07) is 17.0. The van der Waals surface area contributed by atoms with Crippen molar-refractivity contribution in [2.75, 3.05) is 16.9 Å². The Kier molecular flexibility index (Phi) is 4.35. The molecule has 2 aliphatic rings. The van der Waals surface area contributed by atoms with Gasteiger partial charge in [-0.15, -0.1) is 0 Å². The van der Waals surface area contributed by atoms with Crippen LogP contribution in [0.15, 0.2) is 83.8 Å². The summed E-state index contributed by atoms with van der Waals surface area (Å²) in [6.45, 7) is 0.497. The Hall–Kier alpha value is -3.22. The lowest BCUT2D eigenvalue weighted by atomic mass is 10.1. The van der Waals surface area contributed by atoms with Crippen LogP contribution in [0.25, 0.3) is 0 Å². The molecular formula is C20H18N4O2+. The Morgan fingerprint density at radius 2 is 1.92 bits per heavy atom. The molecule has 0 fully saturated rings. The molecule has 0 spiro atoms. The number of nitrogens with one attached hydrogen (secondary N) is 1. The third-order valence-corrected chi connectivity index (χ3v) is 4.25. The van der Waals surface area contributed by atoms with Gasteiger partial charge in [-0.25, -0.2) is 0 Å². The van der Waals surface area contributed by atoms with Crippen LogP contribution >= 0.6 is 0 Å². The fourth-order valence-electron chi connectivity index (χ4n) is 2.95. The average molecular weight is 346 g/mol. The molecule has 26 heavy (non-hydrogen) atoms. The number of amides is 1. The predicted molar refractivity (Wildman–Crippen MR) is 102 cm³/mol. The van der Waals surface area contributed by atoms with Crippen LogP contribution in [0.2, 0.25) is 0 Å². The maximum absolute atomic E-state index is 12.4. The molecule has 0 saturated carbocycles. The lowest BCUT2D eigenvalue weighted by Crippen LogP contribution is -2.42. The highest BCUT2D eigenvalue weighted by molar-refractivity contribution is 6.10. The molecule has 6 nitrogen and oxygen atoms in total. The lowest BCUT2D eigenvalue weighted by Gasteiger charge is -2.24. The summed E-state index contributed by atoms with van der Waals surface area (Å²) in [4.78, 5) is 20.8. The molecule has 2 aromatic rings. The van der Waals surface area contributed by atoms with Gasteiger partial charge in [0.05, 0.1) is 12.3 Å². The summed E-state index contributed by atoms with van der Waals surface area (Å²) in [7, 11) is 0. The van der Waals surface area contributed by atoms with Gasteiger partial charge in [-0.1, -0.05) is 41.3 Å². The Morgan fingerprint density at radius 3 is 2.73 bits per heavy atom. The van der Waals surface area contributed by atoms with Gasteiger partial charge in [0.2, 0.25) is 6.67 Å². The molecule has 2 aromatic carbocycles. The zero-order chi connectivity index (χ0) is 17.9. The minimum atomic E-state index is -0.242. The van der Waals surface area contributed by atoms with Crippen molar-refractivity contribution in [1.29, 1.82) is 0 Å². The van der Waals surface area contributed by atoms with E-state index in [1.165, 1.54) is 0 Å². The summed E-state index contributed by atoms with van der Waals surface area (Å²) < 4.78 is 0. The van der Waals surface area contributed by atoms with E-state index in [2.05, 4.69) is 10.3 Å². The standard InChI is InChI=1S/C20H18N4O2/c25-13-15-6-4-5-9-18(15)23-11-10-19-22-17(12-24(19)14-23)20(26)21-16-7-2-1-3-8-16/h1-12,25H,13-14H2,(H,21,26)/q+1. The molecule has 129 valence electrons. The molecule has 0 unspecified atom stereocenters. The Bertz CT molecular complexity index is 918. The van der Waals surface area contributed by atoms with Gasteiger partial charge in [-0.3, -0.25) is 9.69 Å². The molecule has 2 heterocycles. The maximum atomic E-state index is 12.4. The molecule has 0 saturated heterocycles. The van der Waals surface area contributed by atoms with Crippen molar-refractivity contribution in [2.45, 2.75) is 6.61 Å². The summed E-state index contributed by atoms with van der Waals surface area (Å²) >= 11 is 0. The highest BCUT2D eigenvalue weighted by Gasteiger charge is 2.35. The number of aliphatic imine (C=N–C) groups is 1. The van der Waals surface area contributed by atoms with E-state index in [0.29, 0.717) is 12.4 Å². The molecule has 1 amide bonds. The summed E-state index contributed by atoms with van der Waals surface area (Å²) in [6.07, 6.45) is 5.51. The maximum Gasteiger partial charge on any atom is 0.285 e. The van der Waals surface area contributed by atoms with Gasteiger partial charge in [0, 0.05) is 23.5 Å². The van der Waals surface area contributed by atoms with Crippen LogP contribution in [-0.2, 0) is 11.4 Å². The second-order valence-electron chi connectivity index (χ2n) is 5.99. The molecule has 4 rings (SSSR count). The molecule has 0 bridgehead atoms. The van der Waals surface area contributed by atoms with Crippen LogP contribution in [0, 0.1) is 0 Å². The van der Waals surface area contributed by atoms with Gasteiger partial charge in [0.15, 0.2) is 11.9 Å². The van der Waals surface area contributed by atoms with Crippen molar-refractivity contribution in [3.05, 3.63) is 84.3 Å². The number of aliphatic hydroxyl groups excluding tert-OH is 1. The van der Waals surface area contributed by atoms with E-state index in [1.807, 2.05) is 76.7 Å². The number of aliphatic hydroxyl groups is 1. The van der Waals surface area contributed by atoms with E-state index in [-0.39, 0.29) is 12.5 Å². The van der Waals surface area contributed by atoms with Gasteiger partial charge in [0.1, 0.15) is 0 Å². The first kappa shape index (κ1) is 16.3. The smallest absolute Gasteiger partial charge is 0.285 e. The van der Waals surface area contributed by atoms with Gasteiger partial charge in [-0.05, 0) is 18.2 Å².